The topological polar surface area (TPSA) is 68.2 Å². The fourth-order valence-corrected chi connectivity index (χ4v) is 1.91. The van der Waals surface area contributed by atoms with E-state index in [1.807, 2.05) is 14.0 Å². The predicted molar refractivity (Wildman–Crippen MR) is 74.2 cm³/mol. The van der Waals surface area contributed by atoms with E-state index in [4.69, 9.17) is 16.3 Å². The Labute approximate surface area is 118 Å². The molecule has 108 valence electrons. The van der Waals surface area contributed by atoms with Gasteiger partial charge in [0, 0.05) is 45.8 Å². The zero-order chi connectivity index (χ0) is 14.3. The molecular formula is C12H21ClN4O2. The number of carbonyl (C=O) groups excluding carboxylic acids is 1. The molecule has 7 heteroatoms. The maximum atomic E-state index is 11.4. The SMILES string of the molecule is COCCNC(=O)CCNCc1c(C)nn(C)c1Cl. The van der Waals surface area contributed by atoms with Crippen LogP contribution in [0.25, 0.3) is 0 Å². The molecule has 1 heterocycles. The number of aryl methyl sites for hydroxylation is 2. The molecule has 0 aliphatic heterocycles. The molecule has 2 N–H and O–H groups in total. The molecule has 0 aliphatic carbocycles. The van der Waals surface area contributed by atoms with Crippen LogP contribution < -0.4 is 10.6 Å². The molecule has 0 fully saturated rings. The van der Waals surface area contributed by atoms with Gasteiger partial charge in [-0.15, -0.1) is 0 Å². The number of amides is 1. The quantitative estimate of drug-likeness (QED) is 0.688. The van der Waals surface area contributed by atoms with Crippen molar-refractivity contribution in [3.63, 3.8) is 0 Å². The van der Waals surface area contributed by atoms with E-state index in [-0.39, 0.29) is 5.91 Å². The van der Waals surface area contributed by atoms with Gasteiger partial charge in [-0.25, -0.2) is 0 Å². The fraction of sp³-hybridized carbons (Fsp3) is 0.667. The van der Waals surface area contributed by atoms with E-state index in [1.54, 1.807) is 11.8 Å². The average Bonchev–Trinajstić information content (AvgIpc) is 2.60. The van der Waals surface area contributed by atoms with Crippen molar-refractivity contribution in [1.82, 2.24) is 20.4 Å². The van der Waals surface area contributed by atoms with Gasteiger partial charge in [-0.3, -0.25) is 9.48 Å². The zero-order valence-electron chi connectivity index (χ0n) is 11.6. The molecule has 1 aromatic heterocycles. The molecule has 1 aromatic rings. The molecule has 0 atom stereocenters. The van der Waals surface area contributed by atoms with Crippen LogP contribution in [0.3, 0.4) is 0 Å². The number of ether oxygens (including phenoxy) is 1. The summed E-state index contributed by atoms with van der Waals surface area (Å²) >= 11 is 6.11. The van der Waals surface area contributed by atoms with Crippen molar-refractivity contribution in [3.05, 3.63) is 16.4 Å². The smallest absolute Gasteiger partial charge is 0.221 e. The number of aromatic nitrogens is 2. The number of carbonyl (C=O) groups is 1. The number of rotatable bonds is 8. The minimum atomic E-state index is 0.0126. The van der Waals surface area contributed by atoms with Crippen molar-refractivity contribution in [2.75, 3.05) is 26.8 Å². The van der Waals surface area contributed by atoms with Gasteiger partial charge in [-0.05, 0) is 6.92 Å². The molecule has 0 saturated carbocycles. The summed E-state index contributed by atoms with van der Waals surface area (Å²) in [6, 6.07) is 0. The van der Waals surface area contributed by atoms with Gasteiger partial charge >= 0.3 is 0 Å². The Bertz CT molecular complexity index is 420. The number of methoxy groups -OCH3 is 1. The number of nitrogens with one attached hydrogen (secondary N) is 2. The lowest BCUT2D eigenvalue weighted by Gasteiger charge is -2.06. The van der Waals surface area contributed by atoms with Crippen LogP contribution in [0, 0.1) is 6.92 Å². The zero-order valence-corrected chi connectivity index (χ0v) is 12.4. The predicted octanol–water partition coefficient (Wildman–Crippen LogP) is 0.624. The van der Waals surface area contributed by atoms with Crippen molar-refractivity contribution in [1.29, 1.82) is 0 Å². The second-order valence-electron chi connectivity index (χ2n) is 4.25. The van der Waals surface area contributed by atoms with Crippen LogP contribution in [0.1, 0.15) is 17.7 Å². The molecule has 0 unspecified atom stereocenters. The van der Waals surface area contributed by atoms with Crippen LogP contribution in [-0.4, -0.2) is 42.5 Å². The van der Waals surface area contributed by atoms with Crippen molar-refractivity contribution in [2.45, 2.75) is 19.9 Å². The van der Waals surface area contributed by atoms with E-state index in [2.05, 4.69) is 15.7 Å². The summed E-state index contributed by atoms with van der Waals surface area (Å²) in [5.74, 6) is 0.0126. The van der Waals surface area contributed by atoms with Gasteiger partial charge in [0.15, 0.2) is 0 Å². The molecule has 0 aromatic carbocycles. The van der Waals surface area contributed by atoms with Gasteiger partial charge in [-0.2, -0.15) is 5.10 Å². The van der Waals surface area contributed by atoms with Crippen molar-refractivity contribution in [3.8, 4) is 0 Å². The Hall–Kier alpha value is -1.11. The fourth-order valence-electron chi connectivity index (χ4n) is 1.67. The summed E-state index contributed by atoms with van der Waals surface area (Å²) < 4.78 is 6.49. The highest BCUT2D eigenvalue weighted by molar-refractivity contribution is 6.30. The lowest BCUT2D eigenvalue weighted by Crippen LogP contribution is -2.30. The van der Waals surface area contributed by atoms with Crippen LogP contribution >= 0.6 is 11.6 Å². The summed E-state index contributed by atoms with van der Waals surface area (Å²) in [5.41, 5.74) is 1.88. The van der Waals surface area contributed by atoms with Crippen LogP contribution in [-0.2, 0) is 23.1 Å². The maximum absolute atomic E-state index is 11.4. The Kier molecular flexibility index (Phi) is 6.83. The molecule has 0 saturated heterocycles. The molecule has 0 radical (unpaired) electrons. The summed E-state index contributed by atoms with van der Waals surface area (Å²) in [7, 11) is 3.41. The molecule has 0 aliphatic rings. The normalized spacial score (nSPS) is 10.7. The standard InChI is InChI=1S/C12H21ClN4O2/c1-9-10(12(13)17(2)16-9)8-14-5-4-11(18)15-6-7-19-3/h14H,4-8H2,1-3H3,(H,15,18). The molecule has 6 nitrogen and oxygen atoms in total. The summed E-state index contributed by atoms with van der Waals surface area (Å²) in [4.78, 5) is 11.4. The van der Waals surface area contributed by atoms with Crippen LogP contribution in [0.2, 0.25) is 5.15 Å². The lowest BCUT2D eigenvalue weighted by molar-refractivity contribution is -0.121. The first-order chi connectivity index (χ1) is 9.06. The third-order valence-electron chi connectivity index (χ3n) is 2.73. The van der Waals surface area contributed by atoms with E-state index in [0.29, 0.717) is 37.8 Å². The van der Waals surface area contributed by atoms with Crippen molar-refractivity contribution in [2.24, 2.45) is 7.05 Å². The molecule has 0 spiro atoms. The van der Waals surface area contributed by atoms with Crippen molar-refractivity contribution >= 4 is 17.5 Å². The first kappa shape index (κ1) is 15.9. The van der Waals surface area contributed by atoms with Gasteiger partial charge in [0.1, 0.15) is 5.15 Å². The van der Waals surface area contributed by atoms with E-state index in [9.17, 15) is 4.79 Å². The first-order valence-corrected chi connectivity index (χ1v) is 6.58. The lowest BCUT2D eigenvalue weighted by atomic mass is 10.2. The third kappa shape index (κ3) is 5.18. The molecule has 1 amide bonds. The Morgan fingerprint density at radius 3 is 2.79 bits per heavy atom. The van der Waals surface area contributed by atoms with Gasteiger partial charge in [0.05, 0.1) is 12.3 Å². The second kappa shape index (κ2) is 8.14. The highest BCUT2D eigenvalue weighted by atomic mass is 35.5. The number of hydrogen-bond donors (Lipinski definition) is 2. The first-order valence-electron chi connectivity index (χ1n) is 6.20. The molecule has 19 heavy (non-hydrogen) atoms. The summed E-state index contributed by atoms with van der Waals surface area (Å²) in [5, 5.41) is 10.8. The van der Waals surface area contributed by atoms with Crippen LogP contribution in [0.15, 0.2) is 0 Å². The minimum absolute atomic E-state index is 0.0126. The summed E-state index contributed by atoms with van der Waals surface area (Å²) in [6.07, 6.45) is 0.431. The van der Waals surface area contributed by atoms with E-state index in [0.717, 1.165) is 11.3 Å². The van der Waals surface area contributed by atoms with Gasteiger partial charge in [-0.1, -0.05) is 11.6 Å². The molecule has 1 rings (SSSR count). The van der Waals surface area contributed by atoms with E-state index in [1.165, 1.54) is 0 Å². The minimum Gasteiger partial charge on any atom is -0.383 e. The second-order valence-corrected chi connectivity index (χ2v) is 4.61. The van der Waals surface area contributed by atoms with Gasteiger partial charge in [0.25, 0.3) is 0 Å². The third-order valence-corrected chi connectivity index (χ3v) is 3.20. The number of hydrogen-bond acceptors (Lipinski definition) is 4. The van der Waals surface area contributed by atoms with Crippen LogP contribution in [0.4, 0.5) is 0 Å². The van der Waals surface area contributed by atoms with E-state index >= 15 is 0 Å². The summed E-state index contributed by atoms with van der Waals surface area (Å²) in [6.45, 7) is 4.21. The number of nitrogens with zero attached hydrogens (tertiary/aromatic N) is 2. The largest absolute Gasteiger partial charge is 0.383 e. The molecule has 0 bridgehead atoms. The van der Waals surface area contributed by atoms with Crippen LogP contribution in [0.5, 0.6) is 0 Å². The highest BCUT2D eigenvalue weighted by Gasteiger charge is 2.10. The Morgan fingerprint density at radius 2 is 2.21 bits per heavy atom. The van der Waals surface area contributed by atoms with E-state index < -0.39 is 0 Å². The van der Waals surface area contributed by atoms with Crippen molar-refractivity contribution < 1.29 is 9.53 Å². The molecular weight excluding hydrogens is 268 g/mol. The van der Waals surface area contributed by atoms with Gasteiger partial charge < -0.3 is 15.4 Å². The Morgan fingerprint density at radius 1 is 1.47 bits per heavy atom. The monoisotopic (exact) mass is 288 g/mol. The Balaban J connectivity index is 2.22. The highest BCUT2D eigenvalue weighted by Crippen LogP contribution is 2.17. The number of halogens is 1. The van der Waals surface area contributed by atoms with Gasteiger partial charge in [0.2, 0.25) is 5.91 Å². The maximum Gasteiger partial charge on any atom is 0.221 e. The average molecular weight is 289 g/mol.